The van der Waals surface area contributed by atoms with Gasteiger partial charge >= 0.3 is 5.97 Å². The van der Waals surface area contributed by atoms with Crippen molar-refractivity contribution in [2.24, 2.45) is 9.98 Å². The Balaban J connectivity index is 1.60. The van der Waals surface area contributed by atoms with Gasteiger partial charge in [0.15, 0.2) is 11.7 Å². The van der Waals surface area contributed by atoms with Crippen LogP contribution in [0.15, 0.2) is 77.0 Å². The highest BCUT2D eigenvalue weighted by Gasteiger charge is 2.38. The smallest absolute Gasteiger partial charge is 0.328 e. The number of nitrogens with zero attached hydrogens (tertiary/aromatic N) is 4. The molecule has 1 aromatic heterocycles. The predicted molar refractivity (Wildman–Crippen MR) is 145 cm³/mol. The molecule has 0 fully saturated rings. The van der Waals surface area contributed by atoms with Crippen molar-refractivity contribution in [3.63, 3.8) is 0 Å². The summed E-state index contributed by atoms with van der Waals surface area (Å²) in [6, 6.07) is 16.3. The van der Waals surface area contributed by atoms with Crippen molar-refractivity contribution >= 4 is 18.0 Å². The van der Waals surface area contributed by atoms with E-state index >= 15 is 0 Å². The summed E-state index contributed by atoms with van der Waals surface area (Å²) >= 11 is 0. The number of hydrogen-bond donors (Lipinski definition) is 1. The Morgan fingerprint density at radius 3 is 2.30 bits per heavy atom. The first-order valence-corrected chi connectivity index (χ1v) is 12.2. The number of carboxylic acids is 1. The Morgan fingerprint density at radius 1 is 1.08 bits per heavy atom. The number of amidine groups is 1. The third-order valence-corrected chi connectivity index (χ3v) is 6.85. The number of carboxylic acid groups (broad SMARTS) is 1. The second-order valence-corrected chi connectivity index (χ2v) is 8.82. The maximum absolute atomic E-state index is 12.2. The molecule has 2 aromatic carbocycles. The van der Waals surface area contributed by atoms with E-state index < -0.39 is 17.7 Å². The van der Waals surface area contributed by atoms with E-state index in [1.54, 1.807) is 26.6 Å². The minimum atomic E-state index is -0.968. The van der Waals surface area contributed by atoms with Gasteiger partial charge in [-0.1, -0.05) is 37.3 Å². The zero-order valence-electron chi connectivity index (χ0n) is 21.6. The molecule has 0 spiro atoms. The van der Waals surface area contributed by atoms with Gasteiger partial charge in [-0.25, -0.2) is 4.79 Å². The maximum atomic E-state index is 12.2. The summed E-state index contributed by atoms with van der Waals surface area (Å²) in [6.07, 6.45) is 6.75. The van der Waals surface area contributed by atoms with Crippen LogP contribution in [0, 0.1) is 0 Å². The molecular formula is C29H32N4O4. The zero-order valence-corrected chi connectivity index (χ0v) is 21.6. The number of carbonyl (C=O) groups is 1. The molecule has 192 valence electrons. The van der Waals surface area contributed by atoms with Crippen LogP contribution in [-0.4, -0.2) is 60.3 Å². The lowest BCUT2D eigenvalue weighted by atomic mass is 9.94. The van der Waals surface area contributed by atoms with Gasteiger partial charge in [0.25, 0.3) is 0 Å². The van der Waals surface area contributed by atoms with Gasteiger partial charge in [0, 0.05) is 44.1 Å². The van der Waals surface area contributed by atoms with E-state index in [2.05, 4.69) is 11.9 Å². The van der Waals surface area contributed by atoms with E-state index in [4.69, 9.17) is 19.5 Å². The Bertz CT molecular complexity index is 1270. The molecule has 2 heterocycles. The number of rotatable bonds is 9. The Hall–Kier alpha value is -4.20. The van der Waals surface area contributed by atoms with Crippen molar-refractivity contribution in [2.45, 2.75) is 37.9 Å². The summed E-state index contributed by atoms with van der Waals surface area (Å²) in [5.74, 6) is 1.14. The molecule has 1 unspecified atom stereocenters. The first kappa shape index (κ1) is 25.9. The molecule has 0 radical (unpaired) electrons. The third-order valence-electron chi connectivity index (χ3n) is 6.85. The number of aliphatic imine (C=N–C) groups is 2. The lowest BCUT2D eigenvalue weighted by molar-refractivity contribution is -0.138. The molecule has 2 atom stereocenters. The number of pyridine rings is 1. The second-order valence-electron chi connectivity index (χ2n) is 8.82. The van der Waals surface area contributed by atoms with Crippen LogP contribution in [0.4, 0.5) is 0 Å². The van der Waals surface area contributed by atoms with Crippen LogP contribution >= 0.6 is 0 Å². The molecule has 8 nitrogen and oxygen atoms in total. The SMILES string of the molecule is CCC1(c2ccncc2)N=CCC(=N[C@@H](Cc2ccc(-c3c(OC)cccc3OC)cc2)C(=O)O)N1C. The van der Waals surface area contributed by atoms with Crippen LogP contribution in [0.1, 0.15) is 30.9 Å². The topological polar surface area (TPSA) is 96.6 Å². The van der Waals surface area contributed by atoms with Gasteiger partial charge in [0.1, 0.15) is 17.3 Å². The number of ether oxygens (including phenoxy) is 2. The quantitative estimate of drug-likeness (QED) is 0.452. The Labute approximate surface area is 217 Å². The van der Waals surface area contributed by atoms with Crippen LogP contribution in [0.3, 0.4) is 0 Å². The summed E-state index contributed by atoms with van der Waals surface area (Å²) in [4.78, 5) is 27.9. The van der Waals surface area contributed by atoms with E-state index in [0.717, 1.165) is 22.3 Å². The highest BCUT2D eigenvalue weighted by Crippen LogP contribution is 2.38. The van der Waals surface area contributed by atoms with E-state index in [-0.39, 0.29) is 6.42 Å². The fraction of sp³-hybridized carbons (Fsp3) is 0.310. The van der Waals surface area contributed by atoms with Gasteiger partial charge in [-0.3, -0.25) is 15.0 Å². The second kappa shape index (κ2) is 11.2. The molecule has 0 saturated carbocycles. The van der Waals surface area contributed by atoms with E-state index in [1.807, 2.05) is 72.8 Å². The number of benzene rings is 2. The molecule has 4 rings (SSSR count). The molecule has 0 bridgehead atoms. The molecule has 1 aliphatic heterocycles. The maximum Gasteiger partial charge on any atom is 0.328 e. The van der Waals surface area contributed by atoms with Crippen molar-refractivity contribution in [3.8, 4) is 22.6 Å². The molecular weight excluding hydrogens is 468 g/mol. The van der Waals surface area contributed by atoms with Crippen LogP contribution < -0.4 is 9.47 Å². The molecule has 0 aliphatic carbocycles. The van der Waals surface area contributed by atoms with Crippen LogP contribution in [-0.2, 0) is 16.9 Å². The predicted octanol–water partition coefficient (Wildman–Crippen LogP) is 4.83. The number of aliphatic carboxylic acids is 1. The highest BCUT2D eigenvalue weighted by atomic mass is 16.5. The average molecular weight is 501 g/mol. The number of hydrogen-bond acceptors (Lipinski definition) is 6. The minimum Gasteiger partial charge on any atom is -0.496 e. The highest BCUT2D eigenvalue weighted by molar-refractivity contribution is 5.97. The largest absolute Gasteiger partial charge is 0.496 e. The van der Waals surface area contributed by atoms with Crippen LogP contribution in [0.25, 0.3) is 11.1 Å². The van der Waals surface area contributed by atoms with Crippen molar-refractivity contribution in [1.29, 1.82) is 0 Å². The Morgan fingerprint density at radius 2 is 1.73 bits per heavy atom. The fourth-order valence-corrected chi connectivity index (χ4v) is 4.81. The van der Waals surface area contributed by atoms with E-state index in [1.165, 1.54) is 0 Å². The van der Waals surface area contributed by atoms with Gasteiger partial charge in [-0.2, -0.15) is 0 Å². The van der Waals surface area contributed by atoms with Crippen molar-refractivity contribution in [2.75, 3.05) is 21.3 Å². The lowest BCUT2D eigenvalue weighted by Gasteiger charge is -2.42. The number of methoxy groups -OCH3 is 2. The van der Waals surface area contributed by atoms with Crippen LogP contribution in [0.5, 0.6) is 11.5 Å². The molecule has 8 heteroatoms. The zero-order chi connectivity index (χ0) is 26.4. The lowest BCUT2D eigenvalue weighted by Crippen LogP contribution is -2.49. The molecule has 3 aromatic rings. The van der Waals surface area contributed by atoms with Gasteiger partial charge in [-0.05, 0) is 41.8 Å². The summed E-state index contributed by atoms with van der Waals surface area (Å²) in [6.45, 7) is 2.06. The molecule has 1 N–H and O–H groups in total. The van der Waals surface area contributed by atoms with Crippen molar-refractivity contribution < 1.29 is 19.4 Å². The first-order chi connectivity index (χ1) is 17.9. The van der Waals surface area contributed by atoms with E-state index in [0.29, 0.717) is 30.2 Å². The fourth-order valence-electron chi connectivity index (χ4n) is 4.81. The molecule has 1 aliphatic rings. The van der Waals surface area contributed by atoms with E-state index in [9.17, 15) is 9.90 Å². The van der Waals surface area contributed by atoms with Gasteiger partial charge in [0.2, 0.25) is 0 Å². The van der Waals surface area contributed by atoms with Crippen LogP contribution in [0.2, 0.25) is 0 Å². The monoisotopic (exact) mass is 500 g/mol. The molecule has 0 saturated heterocycles. The van der Waals surface area contributed by atoms with Crippen molar-refractivity contribution in [3.05, 3.63) is 78.1 Å². The minimum absolute atomic E-state index is 0.265. The van der Waals surface area contributed by atoms with Gasteiger partial charge in [0.05, 0.1) is 19.8 Å². The molecule has 37 heavy (non-hydrogen) atoms. The Kier molecular flexibility index (Phi) is 7.86. The van der Waals surface area contributed by atoms with Gasteiger partial charge in [-0.15, -0.1) is 0 Å². The standard InChI is InChI=1S/C29H32N4O4/c1-5-29(22-13-16-30-17-14-22)31-18-15-26(33(29)2)32-23(28(34)35)19-20-9-11-21(12-10-20)27-24(36-3)7-6-8-25(27)37-4/h6-14,16-18,23H,5,15,19H2,1-4H3,(H,34,35)/t23-,29?/m0/s1. The average Bonchev–Trinajstić information content (AvgIpc) is 2.94. The third kappa shape index (κ3) is 5.18. The normalized spacial score (nSPS) is 19.0. The summed E-state index contributed by atoms with van der Waals surface area (Å²) in [5.41, 5.74) is 3.00. The number of aromatic nitrogens is 1. The summed E-state index contributed by atoms with van der Waals surface area (Å²) in [5, 5.41) is 10.0. The van der Waals surface area contributed by atoms with Gasteiger partial charge < -0.3 is 19.5 Å². The molecule has 0 amide bonds. The first-order valence-electron chi connectivity index (χ1n) is 12.2. The van der Waals surface area contributed by atoms with Crippen molar-refractivity contribution in [1.82, 2.24) is 9.88 Å². The summed E-state index contributed by atoms with van der Waals surface area (Å²) in [7, 11) is 5.17. The summed E-state index contributed by atoms with van der Waals surface area (Å²) < 4.78 is 11.1.